The van der Waals surface area contributed by atoms with Gasteiger partial charge in [-0.05, 0) is 37.2 Å². The van der Waals surface area contributed by atoms with Gasteiger partial charge in [-0.1, -0.05) is 44.2 Å². The molecule has 1 saturated heterocycles. The normalized spacial score (nSPS) is 16.5. The van der Waals surface area contributed by atoms with Crippen molar-refractivity contribution in [1.82, 2.24) is 15.5 Å². The van der Waals surface area contributed by atoms with Gasteiger partial charge in [-0.25, -0.2) is 0 Å². The third-order valence-electron chi connectivity index (χ3n) is 5.47. The number of amides is 1. The Balaban J connectivity index is 0.00000392. The molecule has 1 aromatic carbocycles. The Hall–Kier alpha value is -1.31. The Morgan fingerprint density at radius 3 is 2.39 bits per heavy atom. The van der Waals surface area contributed by atoms with Crippen molar-refractivity contribution in [2.45, 2.75) is 46.0 Å². The van der Waals surface area contributed by atoms with Crippen LogP contribution in [0.1, 0.15) is 51.5 Å². The van der Waals surface area contributed by atoms with Crippen LogP contribution in [0, 0.1) is 11.8 Å². The molecule has 2 rings (SSSR count). The Morgan fingerprint density at radius 1 is 1.21 bits per heavy atom. The van der Waals surface area contributed by atoms with E-state index in [4.69, 9.17) is 4.99 Å². The van der Waals surface area contributed by atoms with Crippen LogP contribution in [-0.4, -0.2) is 50.0 Å². The number of guanidine groups is 1. The second-order valence-corrected chi connectivity index (χ2v) is 7.76. The molecule has 0 aliphatic carbocycles. The highest BCUT2D eigenvalue weighted by molar-refractivity contribution is 14.0. The number of hydrogen-bond acceptors (Lipinski definition) is 2. The average Bonchev–Trinajstić information content (AvgIpc) is 2.68. The van der Waals surface area contributed by atoms with Crippen LogP contribution in [0.3, 0.4) is 0 Å². The molecule has 1 unspecified atom stereocenters. The summed E-state index contributed by atoms with van der Waals surface area (Å²) in [5.41, 5.74) is 1.36. The van der Waals surface area contributed by atoms with Gasteiger partial charge in [0.1, 0.15) is 0 Å². The highest BCUT2D eigenvalue weighted by atomic mass is 127. The zero-order chi connectivity index (χ0) is 19.6. The molecule has 0 saturated carbocycles. The van der Waals surface area contributed by atoms with Gasteiger partial charge in [0.25, 0.3) is 0 Å². The predicted octanol–water partition coefficient (Wildman–Crippen LogP) is 3.86. The van der Waals surface area contributed by atoms with Crippen LogP contribution in [0.5, 0.6) is 0 Å². The topological polar surface area (TPSA) is 56.7 Å². The van der Waals surface area contributed by atoms with Crippen LogP contribution in [0.15, 0.2) is 35.3 Å². The van der Waals surface area contributed by atoms with E-state index in [0.29, 0.717) is 24.2 Å². The summed E-state index contributed by atoms with van der Waals surface area (Å²) in [7, 11) is 1.71. The summed E-state index contributed by atoms with van der Waals surface area (Å²) in [6.45, 7) is 10.2. The first-order valence-electron chi connectivity index (χ1n) is 10.3. The molecule has 0 aromatic heterocycles. The van der Waals surface area contributed by atoms with E-state index in [1.807, 2.05) is 0 Å². The molecule has 1 aromatic rings. The molecule has 1 heterocycles. The van der Waals surface area contributed by atoms with Crippen molar-refractivity contribution in [3.63, 3.8) is 0 Å². The number of nitrogens with zero attached hydrogens (tertiary/aromatic N) is 2. The number of nitrogens with one attached hydrogen (secondary N) is 2. The third-order valence-corrected chi connectivity index (χ3v) is 5.47. The van der Waals surface area contributed by atoms with Gasteiger partial charge < -0.3 is 15.5 Å². The van der Waals surface area contributed by atoms with Crippen molar-refractivity contribution in [2.75, 3.05) is 33.2 Å². The number of carbonyl (C=O) groups is 1. The molecule has 1 atom stereocenters. The van der Waals surface area contributed by atoms with Gasteiger partial charge in [0.05, 0.1) is 0 Å². The number of aliphatic imine (C=N–C) groups is 1. The van der Waals surface area contributed by atoms with Crippen LogP contribution in [0.4, 0.5) is 0 Å². The molecule has 0 radical (unpaired) electrons. The highest BCUT2D eigenvalue weighted by Crippen LogP contribution is 2.25. The average molecular weight is 500 g/mol. The summed E-state index contributed by atoms with van der Waals surface area (Å²) >= 11 is 0. The van der Waals surface area contributed by atoms with E-state index < -0.39 is 0 Å². The van der Waals surface area contributed by atoms with Gasteiger partial charge in [-0.2, -0.15) is 0 Å². The molecule has 2 N–H and O–H groups in total. The zero-order valence-electron chi connectivity index (χ0n) is 17.8. The molecular weight excluding hydrogens is 463 g/mol. The van der Waals surface area contributed by atoms with E-state index in [-0.39, 0.29) is 29.9 Å². The van der Waals surface area contributed by atoms with Crippen molar-refractivity contribution in [1.29, 1.82) is 0 Å². The number of hydrogen-bond donors (Lipinski definition) is 2. The smallest absolute Gasteiger partial charge is 0.220 e. The van der Waals surface area contributed by atoms with E-state index in [2.05, 4.69) is 66.6 Å². The molecule has 28 heavy (non-hydrogen) atoms. The van der Waals surface area contributed by atoms with Gasteiger partial charge in [-0.15, -0.1) is 24.0 Å². The molecule has 1 aliphatic heterocycles. The van der Waals surface area contributed by atoms with Crippen LogP contribution in [0.2, 0.25) is 0 Å². The quantitative estimate of drug-likeness (QED) is 0.340. The fraction of sp³-hybridized carbons (Fsp3) is 0.636. The standard InChI is InChI=1S/C22H36N4O.HI/c1-5-24-22(26-13-11-18(12-14-26)15-21(27)23-4)25-16-20(17(2)3)19-9-7-6-8-10-19;/h6-10,17-18,20H,5,11-16H2,1-4H3,(H,23,27)(H,24,25);1H. The molecule has 6 heteroatoms. The second-order valence-electron chi connectivity index (χ2n) is 7.76. The highest BCUT2D eigenvalue weighted by Gasteiger charge is 2.23. The van der Waals surface area contributed by atoms with E-state index in [1.54, 1.807) is 7.05 Å². The van der Waals surface area contributed by atoms with Gasteiger partial charge in [-0.3, -0.25) is 9.79 Å². The second kappa shape index (κ2) is 13.0. The fourth-order valence-corrected chi connectivity index (χ4v) is 3.73. The lowest BCUT2D eigenvalue weighted by Crippen LogP contribution is -2.46. The number of piperidine rings is 1. The van der Waals surface area contributed by atoms with Crippen molar-refractivity contribution in [3.05, 3.63) is 35.9 Å². The maximum absolute atomic E-state index is 11.6. The SMILES string of the molecule is CCNC(=NCC(c1ccccc1)C(C)C)N1CCC(CC(=O)NC)CC1.I. The summed E-state index contributed by atoms with van der Waals surface area (Å²) < 4.78 is 0. The number of benzene rings is 1. The molecular formula is C22H37IN4O. The number of carbonyl (C=O) groups excluding carboxylic acids is 1. The zero-order valence-corrected chi connectivity index (χ0v) is 20.1. The van der Waals surface area contributed by atoms with Gasteiger partial charge in [0.2, 0.25) is 5.91 Å². The molecule has 0 spiro atoms. The first-order valence-corrected chi connectivity index (χ1v) is 10.3. The van der Waals surface area contributed by atoms with E-state index >= 15 is 0 Å². The summed E-state index contributed by atoms with van der Waals surface area (Å²) in [5.74, 6) is 2.61. The van der Waals surface area contributed by atoms with Gasteiger partial charge in [0, 0.05) is 45.6 Å². The molecule has 158 valence electrons. The number of halogens is 1. The van der Waals surface area contributed by atoms with Crippen molar-refractivity contribution < 1.29 is 4.79 Å². The summed E-state index contributed by atoms with van der Waals surface area (Å²) in [6, 6.07) is 10.7. The lowest BCUT2D eigenvalue weighted by atomic mass is 9.88. The van der Waals surface area contributed by atoms with Crippen LogP contribution in [-0.2, 0) is 4.79 Å². The minimum Gasteiger partial charge on any atom is -0.359 e. The number of rotatable bonds is 7. The Labute approximate surface area is 187 Å². The summed E-state index contributed by atoms with van der Waals surface area (Å²) in [5, 5.41) is 6.20. The maximum Gasteiger partial charge on any atom is 0.220 e. The van der Waals surface area contributed by atoms with Crippen LogP contribution < -0.4 is 10.6 Å². The largest absolute Gasteiger partial charge is 0.359 e. The van der Waals surface area contributed by atoms with Gasteiger partial charge >= 0.3 is 0 Å². The van der Waals surface area contributed by atoms with E-state index in [9.17, 15) is 4.79 Å². The molecule has 0 bridgehead atoms. The number of likely N-dealkylation sites (tertiary alicyclic amines) is 1. The first-order chi connectivity index (χ1) is 13.0. The Morgan fingerprint density at radius 2 is 1.86 bits per heavy atom. The lowest BCUT2D eigenvalue weighted by Gasteiger charge is -2.34. The first kappa shape index (κ1) is 24.7. The summed E-state index contributed by atoms with van der Waals surface area (Å²) in [4.78, 5) is 19.0. The lowest BCUT2D eigenvalue weighted by molar-refractivity contribution is -0.121. The fourth-order valence-electron chi connectivity index (χ4n) is 3.73. The van der Waals surface area contributed by atoms with Crippen molar-refractivity contribution >= 4 is 35.8 Å². The Kier molecular flexibility index (Phi) is 11.5. The summed E-state index contributed by atoms with van der Waals surface area (Å²) in [6.07, 6.45) is 2.73. The molecule has 5 nitrogen and oxygen atoms in total. The van der Waals surface area contributed by atoms with Crippen LogP contribution >= 0.6 is 24.0 Å². The molecule has 1 fully saturated rings. The maximum atomic E-state index is 11.6. The minimum atomic E-state index is 0. The van der Waals surface area contributed by atoms with Crippen molar-refractivity contribution in [3.8, 4) is 0 Å². The predicted molar refractivity (Wildman–Crippen MR) is 128 cm³/mol. The molecule has 1 aliphatic rings. The van der Waals surface area contributed by atoms with Crippen molar-refractivity contribution in [2.24, 2.45) is 16.8 Å². The van der Waals surface area contributed by atoms with E-state index in [0.717, 1.165) is 45.0 Å². The minimum absolute atomic E-state index is 0. The molecule has 1 amide bonds. The Bertz CT molecular complexity index is 598. The van der Waals surface area contributed by atoms with Gasteiger partial charge in [0.15, 0.2) is 5.96 Å². The third kappa shape index (κ3) is 7.60. The monoisotopic (exact) mass is 500 g/mol. The van der Waals surface area contributed by atoms with Crippen LogP contribution in [0.25, 0.3) is 0 Å². The van der Waals surface area contributed by atoms with E-state index in [1.165, 1.54) is 5.56 Å².